The fourth-order valence-corrected chi connectivity index (χ4v) is 2.20. The van der Waals surface area contributed by atoms with Crippen LogP contribution in [-0.4, -0.2) is 24.3 Å². The van der Waals surface area contributed by atoms with Crippen molar-refractivity contribution >= 4 is 34.9 Å². The zero-order valence-corrected chi connectivity index (χ0v) is 14.5. The standard InChI is InChI=1S/C19H15ClN2O4/c20-15-6-4-14(5-7-15)17(23)8-9-19(25)26-12-18(24)22-16-3-1-2-13(10-16)11-21/h1-7,10H,8-9,12H2,(H,22,24). The molecule has 1 amide bonds. The fraction of sp³-hybridized carbons (Fsp3) is 0.158. The van der Waals surface area contributed by atoms with Gasteiger partial charge in [0.1, 0.15) is 0 Å². The molecule has 0 aliphatic rings. The number of Topliss-reactive ketones (excluding diaryl/α,β-unsaturated/α-hetero) is 1. The molecule has 0 bridgehead atoms. The van der Waals surface area contributed by atoms with Gasteiger partial charge in [-0.25, -0.2) is 0 Å². The number of hydrogen-bond donors (Lipinski definition) is 1. The van der Waals surface area contributed by atoms with Gasteiger partial charge in [0.2, 0.25) is 0 Å². The Labute approximate surface area is 155 Å². The second-order valence-electron chi connectivity index (χ2n) is 5.33. The van der Waals surface area contributed by atoms with Gasteiger partial charge >= 0.3 is 5.97 Å². The van der Waals surface area contributed by atoms with Crippen LogP contribution in [0.15, 0.2) is 48.5 Å². The number of esters is 1. The predicted octanol–water partition coefficient (Wildman–Crippen LogP) is 3.36. The molecule has 0 atom stereocenters. The van der Waals surface area contributed by atoms with Crippen LogP contribution in [0.25, 0.3) is 0 Å². The third-order valence-electron chi connectivity index (χ3n) is 3.36. The number of amides is 1. The van der Waals surface area contributed by atoms with Gasteiger partial charge < -0.3 is 10.1 Å². The Kier molecular flexibility index (Phi) is 6.89. The number of nitriles is 1. The summed E-state index contributed by atoms with van der Waals surface area (Å²) in [5, 5.41) is 11.8. The quantitative estimate of drug-likeness (QED) is 0.595. The predicted molar refractivity (Wildman–Crippen MR) is 95.8 cm³/mol. The van der Waals surface area contributed by atoms with Gasteiger partial charge in [0.25, 0.3) is 5.91 Å². The molecule has 0 heterocycles. The van der Waals surface area contributed by atoms with Crippen molar-refractivity contribution < 1.29 is 19.1 Å². The number of benzene rings is 2. The molecule has 0 radical (unpaired) electrons. The van der Waals surface area contributed by atoms with Crippen molar-refractivity contribution in [1.29, 1.82) is 5.26 Å². The van der Waals surface area contributed by atoms with E-state index in [4.69, 9.17) is 21.6 Å². The maximum atomic E-state index is 11.9. The van der Waals surface area contributed by atoms with Crippen LogP contribution in [0.2, 0.25) is 5.02 Å². The van der Waals surface area contributed by atoms with Gasteiger partial charge in [-0.3, -0.25) is 14.4 Å². The van der Waals surface area contributed by atoms with Gasteiger partial charge in [-0.2, -0.15) is 5.26 Å². The monoisotopic (exact) mass is 370 g/mol. The van der Waals surface area contributed by atoms with E-state index in [1.807, 2.05) is 6.07 Å². The average molecular weight is 371 g/mol. The molecule has 0 aliphatic heterocycles. The van der Waals surface area contributed by atoms with E-state index in [0.29, 0.717) is 21.8 Å². The molecular formula is C19H15ClN2O4. The van der Waals surface area contributed by atoms with Crippen LogP contribution in [0.5, 0.6) is 0 Å². The summed E-state index contributed by atoms with van der Waals surface area (Å²) in [7, 11) is 0. The first-order valence-corrected chi connectivity index (χ1v) is 8.10. The number of rotatable bonds is 7. The summed E-state index contributed by atoms with van der Waals surface area (Å²) in [6.07, 6.45) is -0.148. The molecule has 1 N–H and O–H groups in total. The van der Waals surface area contributed by atoms with Crippen LogP contribution < -0.4 is 5.32 Å². The molecule has 0 spiro atoms. The molecule has 0 saturated carbocycles. The fourth-order valence-electron chi connectivity index (χ4n) is 2.08. The number of anilines is 1. The van der Waals surface area contributed by atoms with Crippen molar-refractivity contribution in [3.63, 3.8) is 0 Å². The summed E-state index contributed by atoms with van der Waals surface area (Å²) in [6, 6.07) is 14.7. The van der Waals surface area contributed by atoms with Crippen molar-refractivity contribution in [1.82, 2.24) is 0 Å². The molecule has 2 rings (SSSR count). The largest absolute Gasteiger partial charge is 0.456 e. The molecule has 132 valence electrons. The molecule has 0 aliphatic carbocycles. The van der Waals surface area contributed by atoms with E-state index in [9.17, 15) is 14.4 Å². The lowest BCUT2D eigenvalue weighted by molar-refractivity contribution is -0.147. The first kappa shape index (κ1) is 19.2. The second kappa shape index (κ2) is 9.35. The minimum atomic E-state index is -0.645. The molecule has 0 saturated heterocycles. The van der Waals surface area contributed by atoms with Crippen LogP contribution >= 0.6 is 11.6 Å². The van der Waals surface area contributed by atoms with E-state index in [-0.39, 0.29) is 18.6 Å². The van der Waals surface area contributed by atoms with Crippen LogP contribution in [0, 0.1) is 11.3 Å². The molecule has 6 nitrogen and oxygen atoms in total. The molecule has 0 aromatic heterocycles. The van der Waals surface area contributed by atoms with Crippen LogP contribution in [0.1, 0.15) is 28.8 Å². The molecule has 0 fully saturated rings. The number of nitrogens with zero attached hydrogens (tertiary/aromatic N) is 1. The molecule has 26 heavy (non-hydrogen) atoms. The summed E-state index contributed by atoms with van der Waals surface area (Å²) in [4.78, 5) is 35.4. The lowest BCUT2D eigenvalue weighted by atomic mass is 10.1. The second-order valence-corrected chi connectivity index (χ2v) is 5.77. The first-order chi connectivity index (χ1) is 12.5. The van der Waals surface area contributed by atoms with Crippen molar-refractivity contribution in [3.05, 3.63) is 64.7 Å². The van der Waals surface area contributed by atoms with E-state index < -0.39 is 18.5 Å². The Balaban J connectivity index is 1.74. The van der Waals surface area contributed by atoms with E-state index >= 15 is 0 Å². The lowest BCUT2D eigenvalue weighted by Gasteiger charge is -2.07. The van der Waals surface area contributed by atoms with Crippen LogP contribution in [0.3, 0.4) is 0 Å². The number of carbonyl (C=O) groups excluding carboxylic acids is 3. The Bertz CT molecular complexity index is 857. The van der Waals surface area contributed by atoms with Gasteiger partial charge in [-0.15, -0.1) is 0 Å². The van der Waals surface area contributed by atoms with Gasteiger partial charge in [-0.05, 0) is 42.5 Å². The summed E-state index contributed by atoms with van der Waals surface area (Å²) < 4.78 is 4.85. The van der Waals surface area contributed by atoms with Gasteiger partial charge in [0.05, 0.1) is 18.1 Å². The molecule has 2 aromatic carbocycles. The average Bonchev–Trinajstić information content (AvgIpc) is 2.65. The highest BCUT2D eigenvalue weighted by Gasteiger charge is 2.12. The lowest BCUT2D eigenvalue weighted by Crippen LogP contribution is -2.21. The number of hydrogen-bond acceptors (Lipinski definition) is 5. The Morgan fingerprint density at radius 3 is 2.50 bits per heavy atom. The smallest absolute Gasteiger partial charge is 0.306 e. The third kappa shape index (κ3) is 6.04. The molecule has 7 heteroatoms. The maximum absolute atomic E-state index is 11.9. The molecule has 2 aromatic rings. The van der Waals surface area contributed by atoms with Crippen molar-refractivity contribution in [2.45, 2.75) is 12.8 Å². The minimum absolute atomic E-state index is 0.0215. The first-order valence-electron chi connectivity index (χ1n) is 7.72. The van der Waals surface area contributed by atoms with E-state index in [1.165, 1.54) is 6.07 Å². The zero-order chi connectivity index (χ0) is 18.9. The Hall–Kier alpha value is -3.17. The van der Waals surface area contributed by atoms with Gasteiger partial charge in [0, 0.05) is 22.7 Å². The highest BCUT2D eigenvalue weighted by atomic mass is 35.5. The molecule has 0 unspecified atom stereocenters. The SMILES string of the molecule is N#Cc1cccc(NC(=O)COC(=O)CCC(=O)c2ccc(Cl)cc2)c1. The summed E-state index contributed by atoms with van der Waals surface area (Å²) in [5.74, 6) is -1.39. The van der Waals surface area contributed by atoms with Crippen LogP contribution in [0.4, 0.5) is 5.69 Å². The number of ketones is 1. The van der Waals surface area contributed by atoms with Crippen molar-refractivity contribution in [2.24, 2.45) is 0 Å². The maximum Gasteiger partial charge on any atom is 0.306 e. The topological polar surface area (TPSA) is 96.3 Å². The number of carbonyl (C=O) groups is 3. The third-order valence-corrected chi connectivity index (χ3v) is 3.61. The number of halogens is 1. The van der Waals surface area contributed by atoms with Gasteiger partial charge in [0.15, 0.2) is 12.4 Å². The van der Waals surface area contributed by atoms with Crippen molar-refractivity contribution in [2.75, 3.05) is 11.9 Å². The van der Waals surface area contributed by atoms with Gasteiger partial charge in [-0.1, -0.05) is 17.7 Å². The van der Waals surface area contributed by atoms with Crippen molar-refractivity contribution in [3.8, 4) is 6.07 Å². The number of nitrogens with one attached hydrogen (secondary N) is 1. The Morgan fingerprint density at radius 2 is 1.81 bits per heavy atom. The zero-order valence-electron chi connectivity index (χ0n) is 13.7. The highest BCUT2D eigenvalue weighted by Crippen LogP contribution is 2.12. The van der Waals surface area contributed by atoms with E-state index in [2.05, 4.69) is 5.32 Å². The van der Waals surface area contributed by atoms with Crippen LogP contribution in [-0.2, 0) is 14.3 Å². The highest BCUT2D eigenvalue weighted by molar-refractivity contribution is 6.30. The molecular weight excluding hydrogens is 356 g/mol. The summed E-state index contributed by atoms with van der Waals surface area (Å²) in [6.45, 7) is -0.468. The van der Waals surface area contributed by atoms with E-state index in [1.54, 1.807) is 42.5 Å². The Morgan fingerprint density at radius 1 is 1.08 bits per heavy atom. The number of ether oxygens (including phenoxy) is 1. The minimum Gasteiger partial charge on any atom is -0.456 e. The van der Waals surface area contributed by atoms with E-state index in [0.717, 1.165) is 0 Å². The summed E-state index contributed by atoms with van der Waals surface area (Å²) in [5.41, 5.74) is 1.29. The summed E-state index contributed by atoms with van der Waals surface area (Å²) >= 11 is 5.75. The normalized spacial score (nSPS) is 9.85.